The van der Waals surface area contributed by atoms with Crippen LogP contribution >= 0.6 is 15.9 Å². The molecule has 1 N–H and O–H groups in total. The Balaban J connectivity index is 1.71. The summed E-state index contributed by atoms with van der Waals surface area (Å²) in [5.41, 5.74) is 1.44. The highest BCUT2D eigenvalue weighted by atomic mass is 79.9. The molecule has 2 nitrogen and oxygen atoms in total. The van der Waals surface area contributed by atoms with E-state index in [1.807, 2.05) is 6.20 Å². The van der Waals surface area contributed by atoms with Crippen molar-refractivity contribution in [3.63, 3.8) is 0 Å². The van der Waals surface area contributed by atoms with Crippen molar-refractivity contribution in [2.75, 3.05) is 5.32 Å². The zero-order valence-corrected chi connectivity index (χ0v) is 11.7. The van der Waals surface area contributed by atoms with E-state index < -0.39 is 0 Å². The van der Waals surface area contributed by atoms with Gasteiger partial charge in [-0.2, -0.15) is 0 Å². The summed E-state index contributed by atoms with van der Waals surface area (Å²) in [5.74, 6) is 1.85. The molecule has 2 aliphatic carbocycles. The second kappa shape index (κ2) is 4.97. The van der Waals surface area contributed by atoms with Gasteiger partial charge in [0.15, 0.2) is 0 Å². The maximum absolute atomic E-state index is 4.49. The van der Waals surface area contributed by atoms with Crippen LogP contribution in [-0.2, 0) is 0 Å². The third-order valence-electron chi connectivity index (χ3n) is 3.86. The van der Waals surface area contributed by atoms with Crippen LogP contribution in [0.15, 0.2) is 16.7 Å². The molecule has 0 amide bonds. The Hall–Kier alpha value is -0.570. The molecular weight excluding hydrogens is 276 g/mol. The SMILES string of the molecule is Brc1cnc(NC2CCCCC2)cc1C1CC1. The monoisotopic (exact) mass is 294 g/mol. The highest BCUT2D eigenvalue weighted by Crippen LogP contribution is 2.43. The van der Waals surface area contributed by atoms with E-state index in [0.717, 1.165) is 11.7 Å². The molecule has 1 heterocycles. The molecule has 2 fully saturated rings. The maximum atomic E-state index is 4.49. The molecular formula is C14H19BrN2. The summed E-state index contributed by atoms with van der Waals surface area (Å²) in [6.07, 6.45) is 11.4. The second-order valence-corrected chi connectivity index (χ2v) is 6.20. The number of anilines is 1. The van der Waals surface area contributed by atoms with Crippen LogP contribution in [-0.4, -0.2) is 11.0 Å². The Bertz CT molecular complexity index is 395. The molecule has 0 bridgehead atoms. The van der Waals surface area contributed by atoms with Crippen molar-refractivity contribution in [2.45, 2.75) is 56.9 Å². The topological polar surface area (TPSA) is 24.9 Å². The van der Waals surface area contributed by atoms with Crippen molar-refractivity contribution in [3.8, 4) is 0 Å². The molecule has 0 atom stereocenters. The van der Waals surface area contributed by atoms with Crippen molar-refractivity contribution in [1.29, 1.82) is 0 Å². The molecule has 0 spiro atoms. The highest BCUT2D eigenvalue weighted by Gasteiger charge is 2.26. The molecule has 0 radical (unpaired) electrons. The first-order valence-corrected chi connectivity index (χ1v) is 7.54. The third-order valence-corrected chi connectivity index (χ3v) is 4.52. The van der Waals surface area contributed by atoms with Crippen LogP contribution < -0.4 is 5.32 Å². The minimum absolute atomic E-state index is 0.643. The van der Waals surface area contributed by atoms with Crippen molar-refractivity contribution < 1.29 is 0 Å². The minimum atomic E-state index is 0.643. The molecule has 2 aliphatic rings. The molecule has 92 valence electrons. The van der Waals surface area contributed by atoms with Crippen molar-refractivity contribution in [3.05, 3.63) is 22.3 Å². The van der Waals surface area contributed by atoms with Gasteiger partial charge in [-0.05, 0) is 59.2 Å². The van der Waals surface area contributed by atoms with Gasteiger partial charge >= 0.3 is 0 Å². The van der Waals surface area contributed by atoms with E-state index >= 15 is 0 Å². The number of aromatic nitrogens is 1. The Kier molecular flexibility index (Phi) is 3.37. The van der Waals surface area contributed by atoms with E-state index in [-0.39, 0.29) is 0 Å². The molecule has 3 rings (SSSR count). The molecule has 0 saturated heterocycles. The van der Waals surface area contributed by atoms with Crippen molar-refractivity contribution in [1.82, 2.24) is 4.98 Å². The maximum Gasteiger partial charge on any atom is 0.126 e. The quantitative estimate of drug-likeness (QED) is 0.890. The summed E-state index contributed by atoms with van der Waals surface area (Å²) in [6, 6.07) is 2.89. The highest BCUT2D eigenvalue weighted by molar-refractivity contribution is 9.10. The number of hydrogen-bond acceptors (Lipinski definition) is 2. The average Bonchev–Trinajstić information content (AvgIpc) is 3.17. The number of nitrogens with zero attached hydrogens (tertiary/aromatic N) is 1. The molecule has 0 aliphatic heterocycles. The Morgan fingerprint density at radius 2 is 1.88 bits per heavy atom. The first kappa shape index (κ1) is 11.5. The Morgan fingerprint density at radius 1 is 1.12 bits per heavy atom. The number of pyridine rings is 1. The van der Waals surface area contributed by atoms with Gasteiger partial charge < -0.3 is 5.32 Å². The second-order valence-electron chi connectivity index (χ2n) is 5.34. The summed E-state index contributed by atoms with van der Waals surface area (Å²) < 4.78 is 1.18. The van der Waals surface area contributed by atoms with Gasteiger partial charge in [0.25, 0.3) is 0 Å². The van der Waals surface area contributed by atoms with Gasteiger partial charge in [-0.1, -0.05) is 19.3 Å². The largest absolute Gasteiger partial charge is 0.367 e. The number of hydrogen-bond donors (Lipinski definition) is 1. The molecule has 1 aromatic heterocycles. The van der Waals surface area contributed by atoms with Crippen LogP contribution in [0.5, 0.6) is 0 Å². The fourth-order valence-electron chi connectivity index (χ4n) is 2.70. The summed E-state index contributed by atoms with van der Waals surface area (Å²) in [5, 5.41) is 3.60. The van der Waals surface area contributed by atoms with Crippen LogP contribution in [0.4, 0.5) is 5.82 Å². The Labute approximate surface area is 111 Å². The fourth-order valence-corrected chi connectivity index (χ4v) is 3.24. The summed E-state index contributed by atoms with van der Waals surface area (Å²) in [6.45, 7) is 0. The predicted molar refractivity (Wildman–Crippen MR) is 74.4 cm³/mol. The smallest absolute Gasteiger partial charge is 0.126 e. The van der Waals surface area contributed by atoms with E-state index in [1.165, 1.54) is 55.0 Å². The van der Waals surface area contributed by atoms with E-state index in [9.17, 15) is 0 Å². The fraction of sp³-hybridized carbons (Fsp3) is 0.643. The molecule has 0 unspecified atom stereocenters. The summed E-state index contributed by atoms with van der Waals surface area (Å²) in [4.78, 5) is 4.49. The van der Waals surface area contributed by atoms with E-state index in [0.29, 0.717) is 6.04 Å². The lowest BCUT2D eigenvalue weighted by atomic mass is 9.95. The van der Waals surface area contributed by atoms with Gasteiger partial charge in [-0.15, -0.1) is 0 Å². The summed E-state index contributed by atoms with van der Waals surface area (Å²) >= 11 is 3.61. The zero-order chi connectivity index (χ0) is 11.7. The van der Waals surface area contributed by atoms with Crippen molar-refractivity contribution >= 4 is 21.7 Å². The van der Waals surface area contributed by atoms with Gasteiger partial charge in [-0.25, -0.2) is 4.98 Å². The number of halogens is 1. The van der Waals surface area contributed by atoms with E-state index in [1.54, 1.807) is 0 Å². The zero-order valence-electron chi connectivity index (χ0n) is 10.1. The molecule has 17 heavy (non-hydrogen) atoms. The van der Waals surface area contributed by atoms with Gasteiger partial charge in [0.1, 0.15) is 5.82 Å². The normalized spacial score (nSPS) is 21.5. The van der Waals surface area contributed by atoms with Crippen LogP contribution in [0.3, 0.4) is 0 Å². The number of nitrogens with one attached hydrogen (secondary N) is 1. The van der Waals surface area contributed by atoms with Crippen LogP contribution in [0.25, 0.3) is 0 Å². The lowest BCUT2D eigenvalue weighted by molar-refractivity contribution is 0.462. The van der Waals surface area contributed by atoms with Crippen LogP contribution in [0.2, 0.25) is 0 Å². The van der Waals surface area contributed by atoms with Gasteiger partial charge in [0.05, 0.1) is 0 Å². The van der Waals surface area contributed by atoms with Crippen molar-refractivity contribution in [2.24, 2.45) is 0 Å². The lowest BCUT2D eigenvalue weighted by Gasteiger charge is -2.23. The lowest BCUT2D eigenvalue weighted by Crippen LogP contribution is -2.22. The number of rotatable bonds is 3. The first-order chi connectivity index (χ1) is 8.33. The van der Waals surface area contributed by atoms with Crippen LogP contribution in [0, 0.1) is 0 Å². The average molecular weight is 295 g/mol. The third kappa shape index (κ3) is 2.82. The molecule has 2 saturated carbocycles. The Morgan fingerprint density at radius 3 is 2.59 bits per heavy atom. The molecule has 1 aromatic rings. The predicted octanol–water partition coefficient (Wildman–Crippen LogP) is 4.47. The molecule has 3 heteroatoms. The first-order valence-electron chi connectivity index (χ1n) is 6.75. The van der Waals surface area contributed by atoms with Gasteiger partial charge in [-0.3, -0.25) is 0 Å². The van der Waals surface area contributed by atoms with E-state index in [4.69, 9.17) is 0 Å². The standard InChI is InChI=1S/C14H19BrN2/c15-13-9-16-14(8-12(13)10-6-7-10)17-11-4-2-1-3-5-11/h8-11H,1-7H2,(H,16,17). The summed E-state index contributed by atoms with van der Waals surface area (Å²) in [7, 11) is 0. The molecule has 0 aromatic carbocycles. The van der Waals surface area contributed by atoms with Crippen LogP contribution in [0.1, 0.15) is 56.4 Å². The van der Waals surface area contributed by atoms with Gasteiger partial charge in [0.2, 0.25) is 0 Å². The van der Waals surface area contributed by atoms with E-state index in [2.05, 4.69) is 32.3 Å². The minimum Gasteiger partial charge on any atom is -0.367 e. The van der Waals surface area contributed by atoms with Gasteiger partial charge in [0, 0.05) is 16.7 Å².